The molecule has 0 atom stereocenters. The molecule has 1 heterocycles. The van der Waals surface area contributed by atoms with Crippen molar-refractivity contribution < 1.29 is 0 Å². The summed E-state index contributed by atoms with van der Waals surface area (Å²) in [5, 5.41) is 1.20. The van der Waals surface area contributed by atoms with Crippen LogP contribution in [0, 0.1) is 0 Å². The lowest BCUT2D eigenvalue weighted by Crippen LogP contribution is -1.87. The van der Waals surface area contributed by atoms with Crippen LogP contribution in [0.3, 0.4) is 0 Å². The Bertz CT molecular complexity index is 463. The minimum Gasteiger partial charge on any atom is -0.255 e. The van der Waals surface area contributed by atoms with Crippen molar-refractivity contribution in [3.05, 3.63) is 40.5 Å². The molecular weight excluding hydrogens is 238 g/mol. The Labute approximate surface area is 92.3 Å². The molecule has 1 nitrogen and oxygen atoms in total. The molecule has 72 valence electrons. The Hall–Kier alpha value is -0.890. The third-order valence-corrected chi connectivity index (χ3v) is 2.77. The molecule has 0 radical (unpaired) electrons. The van der Waals surface area contributed by atoms with Crippen molar-refractivity contribution in [2.75, 3.05) is 0 Å². The van der Waals surface area contributed by atoms with E-state index >= 15 is 0 Å². The van der Waals surface area contributed by atoms with Crippen molar-refractivity contribution in [1.82, 2.24) is 4.98 Å². The van der Waals surface area contributed by atoms with Crippen molar-refractivity contribution in [1.29, 1.82) is 0 Å². The second-order valence-electron chi connectivity index (χ2n) is 3.76. The van der Waals surface area contributed by atoms with E-state index < -0.39 is 0 Å². The van der Waals surface area contributed by atoms with E-state index in [0.29, 0.717) is 5.92 Å². The summed E-state index contributed by atoms with van der Waals surface area (Å²) in [7, 11) is 0. The highest BCUT2D eigenvalue weighted by Crippen LogP contribution is 2.22. The van der Waals surface area contributed by atoms with Gasteiger partial charge < -0.3 is 0 Å². The maximum Gasteiger partial charge on any atom is 0.0703 e. The molecule has 0 aliphatic heterocycles. The number of halogens is 1. The van der Waals surface area contributed by atoms with E-state index in [2.05, 4.69) is 59.0 Å². The predicted octanol–water partition coefficient (Wildman–Crippen LogP) is 4.12. The topological polar surface area (TPSA) is 12.9 Å². The summed E-state index contributed by atoms with van der Waals surface area (Å²) >= 11 is 3.43. The van der Waals surface area contributed by atoms with Gasteiger partial charge in [0, 0.05) is 16.1 Å². The number of hydrogen-bond acceptors (Lipinski definition) is 1. The zero-order chi connectivity index (χ0) is 10.1. The number of pyridine rings is 1. The molecule has 2 aromatic rings. The number of aromatic nitrogens is 1. The lowest BCUT2D eigenvalue weighted by Gasteiger charge is -2.06. The van der Waals surface area contributed by atoms with Crippen LogP contribution in [-0.2, 0) is 0 Å². The zero-order valence-electron chi connectivity index (χ0n) is 8.29. The number of nitrogens with zero attached hydrogens (tertiary/aromatic N) is 1. The summed E-state index contributed by atoms with van der Waals surface area (Å²) in [4.78, 5) is 4.33. The highest BCUT2D eigenvalue weighted by molar-refractivity contribution is 9.10. The van der Waals surface area contributed by atoms with Gasteiger partial charge in [0.2, 0.25) is 0 Å². The molecule has 2 rings (SSSR count). The third-order valence-electron chi connectivity index (χ3n) is 2.34. The first-order valence-electron chi connectivity index (χ1n) is 4.72. The fourth-order valence-corrected chi connectivity index (χ4v) is 1.83. The van der Waals surface area contributed by atoms with Gasteiger partial charge in [0.05, 0.1) is 5.52 Å². The van der Waals surface area contributed by atoms with Crippen LogP contribution in [-0.4, -0.2) is 4.98 Å². The van der Waals surface area contributed by atoms with Crippen molar-refractivity contribution in [3.8, 4) is 0 Å². The average Bonchev–Trinajstić information content (AvgIpc) is 2.16. The van der Waals surface area contributed by atoms with E-state index in [-0.39, 0.29) is 0 Å². The Morgan fingerprint density at radius 1 is 1.21 bits per heavy atom. The predicted molar refractivity (Wildman–Crippen MR) is 63.5 cm³/mol. The third kappa shape index (κ3) is 1.80. The van der Waals surface area contributed by atoms with Gasteiger partial charge in [-0.25, -0.2) is 0 Å². The maximum atomic E-state index is 4.33. The van der Waals surface area contributed by atoms with Crippen LogP contribution in [0.25, 0.3) is 10.9 Å². The molecule has 0 N–H and O–H groups in total. The second-order valence-corrected chi connectivity index (χ2v) is 4.68. The minimum atomic E-state index is 0.568. The normalized spacial score (nSPS) is 11.1. The van der Waals surface area contributed by atoms with Gasteiger partial charge in [-0.1, -0.05) is 19.9 Å². The van der Waals surface area contributed by atoms with Crippen LogP contribution in [0.1, 0.15) is 25.3 Å². The van der Waals surface area contributed by atoms with E-state index in [1.165, 1.54) is 10.9 Å². The van der Waals surface area contributed by atoms with Crippen LogP contribution in [0.4, 0.5) is 0 Å². The zero-order valence-corrected chi connectivity index (χ0v) is 9.88. The molecule has 0 unspecified atom stereocenters. The summed E-state index contributed by atoms with van der Waals surface area (Å²) in [6, 6.07) is 8.54. The number of hydrogen-bond donors (Lipinski definition) is 0. The molecule has 0 spiro atoms. The molecule has 1 aromatic heterocycles. The summed E-state index contributed by atoms with van der Waals surface area (Å²) in [5.74, 6) is 0.568. The van der Waals surface area contributed by atoms with Crippen LogP contribution >= 0.6 is 15.9 Å². The maximum absolute atomic E-state index is 4.33. The van der Waals surface area contributed by atoms with Crippen LogP contribution in [0.15, 0.2) is 34.9 Å². The van der Waals surface area contributed by atoms with Crippen LogP contribution in [0.2, 0.25) is 0 Å². The first-order valence-corrected chi connectivity index (χ1v) is 5.51. The molecule has 1 aromatic carbocycles. The molecule has 0 amide bonds. The van der Waals surface area contributed by atoms with Gasteiger partial charge in [0.15, 0.2) is 0 Å². The van der Waals surface area contributed by atoms with E-state index in [1.807, 2.05) is 6.20 Å². The fourth-order valence-electron chi connectivity index (χ4n) is 1.48. The van der Waals surface area contributed by atoms with Crippen LogP contribution < -0.4 is 0 Å². The molecule has 0 saturated carbocycles. The van der Waals surface area contributed by atoms with E-state index in [9.17, 15) is 0 Å². The summed E-state index contributed by atoms with van der Waals surface area (Å²) < 4.78 is 1.03. The minimum absolute atomic E-state index is 0.568. The number of rotatable bonds is 1. The molecule has 0 fully saturated rings. The second kappa shape index (κ2) is 3.70. The summed E-state index contributed by atoms with van der Waals surface area (Å²) in [5.41, 5.74) is 2.41. The molecular formula is C12H12BrN. The summed E-state index contributed by atoms with van der Waals surface area (Å²) in [6.07, 6.45) is 1.83. The van der Waals surface area contributed by atoms with E-state index in [0.717, 1.165) is 9.99 Å². The largest absolute Gasteiger partial charge is 0.255 e. The smallest absolute Gasteiger partial charge is 0.0703 e. The van der Waals surface area contributed by atoms with Crippen molar-refractivity contribution in [2.45, 2.75) is 19.8 Å². The highest BCUT2D eigenvalue weighted by Gasteiger charge is 2.01. The SMILES string of the molecule is CC(C)c1ccc2ncc(Br)cc2c1. The Morgan fingerprint density at radius 2 is 2.00 bits per heavy atom. The highest BCUT2D eigenvalue weighted by atomic mass is 79.9. The van der Waals surface area contributed by atoms with Gasteiger partial charge in [-0.05, 0) is 45.6 Å². The van der Waals surface area contributed by atoms with E-state index in [4.69, 9.17) is 0 Å². The average molecular weight is 250 g/mol. The Kier molecular flexibility index (Phi) is 2.55. The monoisotopic (exact) mass is 249 g/mol. The number of benzene rings is 1. The Morgan fingerprint density at radius 3 is 2.71 bits per heavy atom. The van der Waals surface area contributed by atoms with Gasteiger partial charge >= 0.3 is 0 Å². The van der Waals surface area contributed by atoms with E-state index in [1.54, 1.807) is 0 Å². The van der Waals surface area contributed by atoms with Gasteiger partial charge in [0.1, 0.15) is 0 Å². The van der Waals surface area contributed by atoms with Gasteiger partial charge in [-0.2, -0.15) is 0 Å². The fraction of sp³-hybridized carbons (Fsp3) is 0.250. The molecule has 0 saturated heterocycles. The lowest BCUT2D eigenvalue weighted by molar-refractivity contribution is 0.868. The molecule has 2 heteroatoms. The van der Waals surface area contributed by atoms with Gasteiger partial charge in [-0.3, -0.25) is 4.98 Å². The van der Waals surface area contributed by atoms with Gasteiger partial charge in [-0.15, -0.1) is 0 Å². The molecule has 0 aliphatic rings. The van der Waals surface area contributed by atoms with Crippen molar-refractivity contribution >= 4 is 26.8 Å². The molecule has 14 heavy (non-hydrogen) atoms. The molecule has 0 bridgehead atoms. The lowest BCUT2D eigenvalue weighted by atomic mass is 10.0. The first-order chi connectivity index (χ1) is 6.66. The van der Waals surface area contributed by atoms with Crippen LogP contribution in [0.5, 0.6) is 0 Å². The molecule has 0 aliphatic carbocycles. The van der Waals surface area contributed by atoms with Crippen molar-refractivity contribution in [2.24, 2.45) is 0 Å². The quantitative estimate of drug-likeness (QED) is 0.741. The standard InChI is InChI=1S/C12H12BrN/c1-8(2)9-3-4-12-10(5-9)6-11(13)7-14-12/h3-8H,1-2H3. The van der Waals surface area contributed by atoms with Crippen molar-refractivity contribution in [3.63, 3.8) is 0 Å². The first kappa shape index (κ1) is 9.66. The summed E-state index contributed by atoms with van der Waals surface area (Å²) in [6.45, 7) is 4.40. The Balaban J connectivity index is 2.63. The number of fused-ring (bicyclic) bond motifs is 1. The van der Waals surface area contributed by atoms with Gasteiger partial charge in [0.25, 0.3) is 0 Å².